The van der Waals surface area contributed by atoms with Gasteiger partial charge in [-0.2, -0.15) is 4.68 Å². The minimum atomic E-state index is -0.716. The monoisotopic (exact) mass is 409 g/mol. The SMILES string of the molecule is CC(C)[C@H](C(=O)N1CCN(c2ccc(F)cc2)CC1)n1nnc2ccccc2c1=O. The highest BCUT2D eigenvalue weighted by Gasteiger charge is 2.33. The Balaban J connectivity index is 1.54. The maximum absolute atomic E-state index is 13.3. The highest BCUT2D eigenvalue weighted by molar-refractivity contribution is 5.82. The Morgan fingerprint density at radius 3 is 2.33 bits per heavy atom. The number of rotatable bonds is 4. The van der Waals surface area contributed by atoms with Crippen molar-refractivity contribution in [3.8, 4) is 0 Å². The quantitative estimate of drug-likeness (QED) is 0.662. The smallest absolute Gasteiger partial charge is 0.278 e. The van der Waals surface area contributed by atoms with Crippen molar-refractivity contribution >= 4 is 22.5 Å². The van der Waals surface area contributed by atoms with Gasteiger partial charge in [0.2, 0.25) is 5.91 Å². The molecule has 0 aliphatic carbocycles. The molecule has 0 saturated carbocycles. The van der Waals surface area contributed by atoms with E-state index in [2.05, 4.69) is 15.2 Å². The second-order valence-electron chi connectivity index (χ2n) is 7.83. The van der Waals surface area contributed by atoms with E-state index in [1.807, 2.05) is 13.8 Å². The van der Waals surface area contributed by atoms with E-state index in [9.17, 15) is 14.0 Å². The average molecular weight is 409 g/mol. The lowest BCUT2D eigenvalue weighted by atomic mass is 10.0. The number of aromatic nitrogens is 3. The summed E-state index contributed by atoms with van der Waals surface area (Å²) in [5, 5.41) is 8.66. The zero-order valence-electron chi connectivity index (χ0n) is 17.0. The summed E-state index contributed by atoms with van der Waals surface area (Å²) in [6.07, 6.45) is 0. The van der Waals surface area contributed by atoms with E-state index in [1.54, 1.807) is 41.3 Å². The van der Waals surface area contributed by atoms with Gasteiger partial charge in [-0.3, -0.25) is 9.59 Å². The lowest BCUT2D eigenvalue weighted by Crippen LogP contribution is -2.52. The predicted molar refractivity (Wildman–Crippen MR) is 113 cm³/mol. The van der Waals surface area contributed by atoms with Gasteiger partial charge >= 0.3 is 0 Å². The molecule has 0 unspecified atom stereocenters. The van der Waals surface area contributed by atoms with Crippen LogP contribution in [0.5, 0.6) is 0 Å². The van der Waals surface area contributed by atoms with Gasteiger partial charge < -0.3 is 9.80 Å². The molecule has 7 nitrogen and oxygen atoms in total. The number of amides is 1. The maximum Gasteiger partial charge on any atom is 0.278 e. The summed E-state index contributed by atoms with van der Waals surface area (Å²) in [4.78, 5) is 30.2. The summed E-state index contributed by atoms with van der Waals surface area (Å²) in [6, 6.07) is 12.7. The molecule has 2 heterocycles. The first-order valence-corrected chi connectivity index (χ1v) is 10.1. The number of carbonyl (C=O) groups excluding carboxylic acids is 1. The molecule has 0 N–H and O–H groups in total. The Morgan fingerprint density at radius 2 is 1.67 bits per heavy atom. The average Bonchev–Trinajstić information content (AvgIpc) is 2.76. The van der Waals surface area contributed by atoms with Gasteiger partial charge in [0, 0.05) is 31.9 Å². The molecule has 0 radical (unpaired) electrons. The van der Waals surface area contributed by atoms with Crippen molar-refractivity contribution in [1.82, 2.24) is 19.9 Å². The van der Waals surface area contributed by atoms with Crippen molar-refractivity contribution in [2.75, 3.05) is 31.1 Å². The molecule has 1 fully saturated rings. The molecule has 30 heavy (non-hydrogen) atoms. The number of hydrogen-bond donors (Lipinski definition) is 0. The first-order chi connectivity index (χ1) is 14.5. The molecule has 1 aliphatic heterocycles. The van der Waals surface area contributed by atoms with Crippen LogP contribution in [-0.4, -0.2) is 52.0 Å². The molecular weight excluding hydrogens is 385 g/mol. The predicted octanol–water partition coefficient (Wildman–Crippen LogP) is 2.48. The van der Waals surface area contributed by atoms with E-state index >= 15 is 0 Å². The molecule has 2 aromatic carbocycles. The first-order valence-electron chi connectivity index (χ1n) is 10.1. The fourth-order valence-electron chi connectivity index (χ4n) is 3.88. The van der Waals surface area contributed by atoms with Gasteiger partial charge in [-0.15, -0.1) is 5.10 Å². The van der Waals surface area contributed by atoms with Crippen LogP contribution in [0, 0.1) is 11.7 Å². The second kappa shape index (κ2) is 8.22. The first kappa shape index (κ1) is 20.0. The molecule has 3 aromatic rings. The molecule has 1 aromatic heterocycles. The van der Waals surface area contributed by atoms with Crippen molar-refractivity contribution in [3.63, 3.8) is 0 Å². The summed E-state index contributed by atoms with van der Waals surface area (Å²) in [5.74, 6) is -0.523. The Hall–Kier alpha value is -3.29. The number of benzene rings is 2. The topological polar surface area (TPSA) is 71.3 Å². The number of anilines is 1. The van der Waals surface area contributed by atoms with Crippen LogP contribution in [0.3, 0.4) is 0 Å². The van der Waals surface area contributed by atoms with Gasteiger partial charge in [0.05, 0.1) is 5.39 Å². The van der Waals surface area contributed by atoms with Crippen molar-refractivity contribution in [3.05, 3.63) is 64.7 Å². The number of fused-ring (bicyclic) bond motifs is 1. The van der Waals surface area contributed by atoms with Crippen molar-refractivity contribution in [1.29, 1.82) is 0 Å². The maximum atomic E-state index is 13.3. The molecule has 0 bridgehead atoms. The molecule has 1 saturated heterocycles. The van der Waals surface area contributed by atoms with E-state index in [0.717, 1.165) is 5.69 Å². The second-order valence-corrected chi connectivity index (χ2v) is 7.83. The zero-order valence-corrected chi connectivity index (χ0v) is 17.0. The molecule has 1 amide bonds. The number of piperazine rings is 1. The highest BCUT2D eigenvalue weighted by Crippen LogP contribution is 2.22. The van der Waals surface area contributed by atoms with Crippen molar-refractivity contribution in [2.45, 2.75) is 19.9 Å². The van der Waals surface area contributed by atoms with E-state index in [1.165, 1.54) is 16.8 Å². The Labute approximate surface area is 173 Å². The van der Waals surface area contributed by atoms with Crippen LogP contribution in [0.1, 0.15) is 19.9 Å². The van der Waals surface area contributed by atoms with Crippen molar-refractivity contribution < 1.29 is 9.18 Å². The third kappa shape index (κ3) is 3.77. The Bertz CT molecular complexity index is 1100. The standard InChI is InChI=1S/C22H24FN5O2/c1-15(2)20(28-21(29)18-5-3-4-6-19(18)24-25-28)22(30)27-13-11-26(12-14-27)17-9-7-16(23)8-10-17/h3-10,15,20H,11-14H2,1-2H3/t20-/m1/s1. The van der Waals surface area contributed by atoms with Gasteiger partial charge in [0.25, 0.3) is 5.56 Å². The van der Waals surface area contributed by atoms with E-state index in [4.69, 9.17) is 0 Å². The van der Waals surface area contributed by atoms with Crippen LogP contribution in [0.15, 0.2) is 53.3 Å². The third-order valence-corrected chi connectivity index (χ3v) is 5.52. The fourth-order valence-corrected chi connectivity index (χ4v) is 3.88. The summed E-state index contributed by atoms with van der Waals surface area (Å²) < 4.78 is 14.4. The summed E-state index contributed by atoms with van der Waals surface area (Å²) in [7, 11) is 0. The molecular formula is C22H24FN5O2. The number of halogens is 1. The highest BCUT2D eigenvalue weighted by atomic mass is 19.1. The van der Waals surface area contributed by atoms with E-state index in [-0.39, 0.29) is 23.2 Å². The van der Waals surface area contributed by atoms with Gasteiger partial charge in [0.1, 0.15) is 17.4 Å². The minimum absolute atomic E-state index is 0.124. The summed E-state index contributed by atoms with van der Waals surface area (Å²) >= 11 is 0. The van der Waals surface area contributed by atoms with E-state index < -0.39 is 6.04 Å². The van der Waals surface area contributed by atoms with Crippen LogP contribution in [0.25, 0.3) is 10.9 Å². The summed E-state index contributed by atoms with van der Waals surface area (Å²) in [6.45, 7) is 6.13. The minimum Gasteiger partial charge on any atom is -0.368 e. The van der Waals surface area contributed by atoms with Crippen molar-refractivity contribution in [2.24, 2.45) is 5.92 Å². The van der Waals surface area contributed by atoms with Crippen LogP contribution in [-0.2, 0) is 4.79 Å². The Kier molecular flexibility index (Phi) is 5.48. The zero-order chi connectivity index (χ0) is 21.3. The molecule has 4 rings (SSSR count). The van der Waals surface area contributed by atoms with Gasteiger partial charge in [-0.25, -0.2) is 4.39 Å². The normalized spacial score (nSPS) is 15.6. The molecule has 1 aliphatic rings. The lowest BCUT2D eigenvalue weighted by molar-refractivity contribution is -0.137. The molecule has 0 spiro atoms. The van der Waals surface area contributed by atoms with Gasteiger partial charge in [0.15, 0.2) is 0 Å². The molecule has 156 valence electrons. The van der Waals surface area contributed by atoms with Crippen LogP contribution >= 0.6 is 0 Å². The van der Waals surface area contributed by atoms with Gasteiger partial charge in [-0.05, 0) is 42.3 Å². The fraction of sp³-hybridized carbons (Fsp3) is 0.364. The summed E-state index contributed by atoms with van der Waals surface area (Å²) in [5.41, 5.74) is 1.14. The third-order valence-electron chi connectivity index (χ3n) is 5.52. The molecule has 8 heteroatoms. The lowest BCUT2D eigenvalue weighted by Gasteiger charge is -2.38. The van der Waals surface area contributed by atoms with Crippen LogP contribution in [0.4, 0.5) is 10.1 Å². The van der Waals surface area contributed by atoms with E-state index in [0.29, 0.717) is 37.1 Å². The van der Waals surface area contributed by atoms with Gasteiger partial charge in [-0.1, -0.05) is 31.2 Å². The van der Waals surface area contributed by atoms with Crippen LogP contribution in [0.2, 0.25) is 0 Å². The number of nitrogens with zero attached hydrogens (tertiary/aromatic N) is 5. The number of hydrogen-bond acceptors (Lipinski definition) is 5. The van der Waals surface area contributed by atoms with Crippen LogP contribution < -0.4 is 10.5 Å². The molecule has 1 atom stereocenters. The largest absolute Gasteiger partial charge is 0.368 e. The Morgan fingerprint density at radius 1 is 1.00 bits per heavy atom. The number of carbonyl (C=O) groups is 1.